The molecule has 1 aromatic rings. The van der Waals surface area contributed by atoms with Gasteiger partial charge < -0.3 is 4.74 Å². The van der Waals surface area contributed by atoms with Gasteiger partial charge >= 0.3 is 0 Å². The van der Waals surface area contributed by atoms with E-state index in [-0.39, 0.29) is 23.7 Å². The van der Waals surface area contributed by atoms with E-state index >= 15 is 0 Å². The van der Waals surface area contributed by atoms with Crippen LogP contribution in [-0.4, -0.2) is 12.4 Å². The van der Waals surface area contributed by atoms with Crippen LogP contribution in [0.1, 0.15) is 18.9 Å². The Morgan fingerprint density at radius 2 is 2.33 bits per heavy atom. The highest BCUT2D eigenvalue weighted by Gasteiger charge is 2.06. The summed E-state index contributed by atoms with van der Waals surface area (Å²) >= 11 is 0. The van der Waals surface area contributed by atoms with Crippen molar-refractivity contribution in [3.63, 3.8) is 0 Å². The number of nitriles is 1. The molecule has 78 valence electrons. The highest BCUT2D eigenvalue weighted by Crippen LogP contribution is 2.17. The van der Waals surface area contributed by atoms with Crippen LogP contribution < -0.4 is 4.74 Å². The minimum absolute atomic E-state index is 0.00389. The van der Waals surface area contributed by atoms with E-state index in [2.05, 4.69) is 0 Å². The topological polar surface area (TPSA) is 50.1 Å². The van der Waals surface area contributed by atoms with Gasteiger partial charge in [0, 0.05) is 6.42 Å². The number of benzene rings is 1. The molecule has 4 heteroatoms. The molecule has 1 rings (SSSR count). The lowest BCUT2D eigenvalue weighted by molar-refractivity contribution is -0.120. The smallest absolute Gasteiger partial charge is 0.169 e. The lowest BCUT2D eigenvalue weighted by Gasteiger charge is -2.05. The lowest BCUT2D eigenvalue weighted by atomic mass is 10.2. The van der Waals surface area contributed by atoms with Crippen LogP contribution in [0.15, 0.2) is 18.2 Å². The Morgan fingerprint density at radius 1 is 1.60 bits per heavy atom. The molecule has 0 spiro atoms. The fraction of sp³-hybridized carbons (Fsp3) is 0.273. The Kier molecular flexibility index (Phi) is 3.81. The summed E-state index contributed by atoms with van der Waals surface area (Å²) < 4.78 is 18.2. The summed E-state index contributed by atoms with van der Waals surface area (Å²) in [6.45, 7) is 1.57. The fourth-order valence-corrected chi connectivity index (χ4v) is 0.948. The fourth-order valence-electron chi connectivity index (χ4n) is 0.948. The maximum atomic E-state index is 13.2. The first-order valence-electron chi connectivity index (χ1n) is 4.51. The number of ketones is 1. The normalized spacial score (nSPS) is 9.40. The standard InChI is InChI=1S/C11H10FNO2/c1-2-9(14)7-15-11-4-3-8(6-13)5-10(11)12/h3-5H,2,7H2,1H3. The molecule has 0 aromatic heterocycles. The molecule has 0 heterocycles. The summed E-state index contributed by atoms with van der Waals surface area (Å²) in [5.41, 5.74) is 0.224. The van der Waals surface area contributed by atoms with Crippen molar-refractivity contribution in [2.75, 3.05) is 6.61 Å². The molecule has 0 N–H and O–H groups in total. The van der Waals surface area contributed by atoms with Gasteiger partial charge in [0.25, 0.3) is 0 Å². The maximum Gasteiger partial charge on any atom is 0.169 e. The first-order chi connectivity index (χ1) is 7.17. The van der Waals surface area contributed by atoms with Crippen molar-refractivity contribution in [2.45, 2.75) is 13.3 Å². The van der Waals surface area contributed by atoms with Gasteiger partial charge in [-0.15, -0.1) is 0 Å². The maximum absolute atomic E-state index is 13.2. The first kappa shape index (κ1) is 11.2. The lowest BCUT2D eigenvalue weighted by Crippen LogP contribution is -2.10. The SMILES string of the molecule is CCC(=O)COc1ccc(C#N)cc1F. The minimum Gasteiger partial charge on any atom is -0.483 e. The second kappa shape index (κ2) is 5.11. The molecule has 0 saturated heterocycles. The molecule has 0 unspecified atom stereocenters. The van der Waals surface area contributed by atoms with E-state index in [1.54, 1.807) is 6.92 Å². The van der Waals surface area contributed by atoms with E-state index in [0.29, 0.717) is 6.42 Å². The zero-order valence-corrected chi connectivity index (χ0v) is 8.29. The van der Waals surface area contributed by atoms with E-state index in [1.807, 2.05) is 6.07 Å². The first-order valence-corrected chi connectivity index (χ1v) is 4.51. The third kappa shape index (κ3) is 3.06. The Labute approximate surface area is 87.1 Å². The third-order valence-electron chi connectivity index (χ3n) is 1.84. The zero-order chi connectivity index (χ0) is 11.3. The van der Waals surface area contributed by atoms with Crippen LogP contribution in [0.5, 0.6) is 5.75 Å². The molecule has 0 amide bonds. The van der Waals surface area contributed by atoms with Crippen LogP contribution in [0.3, 0.4) is 0 Å². The van der Waals surface area contributed by atoms with Crippen LogP contribution >= 0.6 is 0 Å². The van der Waals surface area contributed by atoms with E-state index in [1.165, 1.54) is 12.1 Å². The Morgan fingerprint density at radius 3 is 2.87 bits per heavy atom. The third-order valence-corrected chi connectivity index (χ3v) is 1.84. The summed E-state index contributed by atoms with van der Waals surface area (Å²) in [5, 5.41) is 8.50. The van der Waals surface area contributed by atoms with Gasteiger partial charge in [0.2, 0.25) is 0 Å². The molecule has 0 aliphatic heterocycles. The molecular weight excluding hydrogens is 197 g/mol. The Bertz CT molecular complexity index is 410. The molecule has 0 aliphatic carbocycles. The number of nitrogens with zero attached hydrogens (tertiary/aromatic N) is 1. The molecule has 0 saturated carbocycles. The van der Waals surface area contributed by atoms with Crippen molar-refractivity contribution < 1.29 is 13.9 Å². The largest absolute Gasteiger partial charge is 0.483 e. The molecule has 0 fully saturated rings. The molecule has 1 aromatic carbocycles. The average Bonchev–Trinajstić information content (AvgIpc) is 2.26. The number of rotatable bonds is 4. The van der Waals surface area contributed by atoms with Gasteiger partial charge in [0.15, 0.2) is 17.3 Å². The Balaban J connectivity index is 2.71. The number of ether oxygens (including phenoxy) is 1. The van der Waals surface area contributed by atoms with Crippen molar-refractivity contribution in [3.05, 3.63) is 29.6 Å². The summed E-state index contributed by atoms with van der Waals surface area (Å²) in [6.07, 6.45) is 0.359. The summed E-state index contributed by atoms with van der Waals surface area (Å²) in [6, 6.07) is 5.67. The average molecular weight is 207 g/mol. The molecule has 0 radical (unpaired) electrons. The highest BCUT2D eigenvalue weighted by molar-refractivity contribution is 5.79. The number of halogens is 1. The summed E-state index contributed by atoms with van der Waals surface area (Å²) in [4.78, 5) is 10.9. The van der Waals surface area contributed by atoms with Crippen LogP contribution in [0.25, 0.3) is 0 Å². The van der Waals surface area contributed by atoms with Gasteiger partial charge in [-0.1, -0.05) is 6.92 Å². The number of carbonyl (C=O) groups is 1. The number of hydrogen-bond acceptors (Lipinski definition) is 3. The monoisotopic (exact) mass is 207 g/mol. The van der Waals surface area contributed by atoms with Gasteiger partial charge in [-0.05, 0) is 18.2 Å². The number of Topliss-reactive ketones (excluding diaryl/α,β-unsaturated/α-hetero) is 1. The van der Waals surface area contributed by atoms with Gasteiger partial charge in [-0.2, -0.15) is 5.26 Å². The molecular formula is C11H10FNO2. The van der Waals surface area contributed by atoms with Gasteiger partial charge in [0.05, 0.1) is 11.6 Å². The van der Waals surface area contributed by atoms with E-state index < -0.39 is 5.82 Å². The predicted octanol–water partition coefficient (Wildman–Crippen LogP) is 2.06. The molecule has 3 nitrogen and oxygen atoms in total. The van der Waals surface area contributed by atoms with Crippen molar-refractivity contribution in [1.82, 2.24) is 0 Å². The zero-order valence-electron chi connectivity index (χ0n) is 8.29. The molecule has 0 atom stereocenters. The van der Waals surface area contributed by atoms with E-state index in [0.717, 1.165) is 6.07 Å². The van der Waals surface area contributed by atoms with E-state index in [4.69, 9.17) is 10.00 Å². The minimum atomic E-state index is -0.627. The Hall–Kier alpha value is -1.89. The van der Waals surface area contributed by atoms with Crippen LogP contribution in [0.2, 0.25) is 0 Å². The van der Waals surface area contributed by atoms with Crippen molar-refractivity contribution in [3.8, 4) is 11.8 Å². The molecule has 0 bridgehead atoms. The predicted molar refractivity (Wildman–Crippen MR) is 51.9 cm³/mol. The second-order valence-electron chi connectivity index (χ2n) is 2.94. The number of carbonyl (C=O) groups excluding carboxylic acids is 1. The van der Waals surface area contributed by atoms with Crippen LogP contribution in [0, 0.1) is 17.1 Å². The molecule has 15 heavy (non-hydrogen) atoms. The van der Waals surface area contributed by atoms with Crippen LogP contribution in [-0.2, 0) is 4.79 Å². The quantitative estimate of drug-likeness (QED) is 0.759. The summed E-state index contributed by atoms with van der Waals surface area (Å²) in [5.74, 6) is -0.729. The van der Waals surface area contributed by atoms with E-state index in [9.17, 15) is 9.18 Å². The van der Waals surface area contributed by atoms with Gasteiger partial charge in [0.1, 0.15) is 6.61 Å². The highest BCUT2D eigenvalue weighted by atomic mass is 19.1. The van der Waals surface area contributed by atoms with Crippen molar-refractivity contribution in [2.24, 2.45) is 0 Å². The second-order valence-corrected chi connectivity index (χ2v) is 2.94. The van der Waals surface area contributed by atoms with Crippen molar-refractivity contribution >= 4 is 5.78 Å². The van der Waals surface area contributed by atoms with Gasteiger partial charge in [-0.25, -0.2) is 4.39 Å². The van der Waals surface area contributed by atoms with Gasteiger partial charge in [-0.3, -0.25) is 4.79 Å². The van der Waals surface area contributed by atoms with Crippen molar-refractivity contribution in [1.29, 1.82) is 5.26 Å². The summed E-state index contributed by atoms with van der Waals surface area (Å²) in [7, 11) is 0. The molecule has 0 aliphatic rings. The number of hydrogen-bond donors (Lipinski definition) is 0. The van der Waals surface area contributed by atoms with Crippen LogP contribution in [0.4, 0.5) is 4.39 Å².